The molecule has 0 unspecified atom stereocenters. The van der Waals surface area contributed by atoms with E-state index in [1.54, 1.807) is 0 Å². The monoisotopic (exact) mass is 250 g/mol. The molecule has 0 saturated carbocycles. The van der Waals surface area contributed by atoms with E-state index < -0.39 is 11.5 Å². The highest BCUT2D eigenvalue weighted by Gasteiger charge is 2.23. The van der Waals surface area contributed by atoms with Gasteiger partial charge in [-0.25, -0.2) is 0 Å². The quantitative estimate of drug-likeness (QED) is 0.735. The third-order valence-corrected chi connectivity index (χ3v) is 3.13. The Labute approximate surface area is 105 Å². The summed E-state index contributed by atoms with van der Waals surface area (Å²) in [4.78, 5) is 26.5. The Balaban J connectivity index is 2.48. The summed E-state index contributed by atoms with van der Waals surface area (Å²) in [6.07, 6.45) is 3.43. The lowest BCUT2D eigenvalue weighted by molar-refractivity contribution is 0.0938. The van der Waals surface area contributed by atoms with E-state index in [9.17, 15) is 14.7 Å². The number of hydrogen-bond donors (Lipinski definition) is 3. The summed E-state index contributed by atoms with van der Waals surface area (Å²) in [5.41, 5.74) is 0.815. The predicted octanol–water partition coefficient (Wildman–Crippen LogP) is 1.10. The Hall–Kier alpha value is -1.78. The van der Waals surface area contributed by atoms with Crippen LogP contribution in [0.2, 0.25) is 0 Å². The number of nitrogens with one attached hydrogen (secondary N) is 2. The van der Waals surface area contributed by atoms with Gasteiger partial charge in [-0.2, -0.15) is 0 Å². The summed E-state index contributed by atoms with van der Waals surface area (Å²) in [7, 11) is 0. The van der Waals surface area contributed by atoms with E-state index >= 15 is 0 Å². The fourth-order valence-corrected chi connectivity index (χ4v) is 2.31. The number of aryl methyl sites for hydroxylation is 1. The van der Waals surface area contributed by atoms with E-state index in [1.807, 2.05) is 13.8 Å². The summed E-state index contributed by atoms with van der Waals surface area (Å²) in [5, 5.41) is 12.7. The van der Waals surface area contributed by atoms with Gasteiger partial charge >= 0.3 is 0 Å². The lowest BCUT2D eigenvalue weighted by Gasteiger charge is -2.18. The van der Waals surface area contributed by atoms with Gasteiger partial charge in [0.2, 0.25) is 0 Å². The molecule has 3 N–H and O–H groups in total. The molecule has 5 nitrogen and oxygen atoms in total. The Kier molecular flexibility index (Phi) is 3.41. The summed E-state index contributed by atoms with van der Waals surface area (Å²) < 4.78 is 0. The van der Waals surface area contributed by atoms with Gasteiger partial charge in [-0.1, -0.05) is 0 Å². The molecule has 0 aromatic carbocycles. The van der Waals surface area contributed by atoms with Crippen LogP contribution < -0.4 is 10.9 Å². The van der Waals surface area contributed by atoms with E-state index in [0.29, 0.717) is 6.42 Å². The number of hydrogen-bond acceptors (Lipinski definition) is 3. The van der Waals surface area contributed by atoms with Crippen LogP contribution in [0.15, 0.2) is 4.79 Å². The van der Waals surface area contributed by atoms with Crippen LogP contribution in [0.4, 0.5) is 0 Å². The topological polar surface area (TPSA) is 82.2 Å². The first-order chi connectivity index (χ1) is 8.50. The second kappa shape index (κ2) is 4.84. The van der Waals surface area contributed by atoms with Crippen LogP contribution in [0.5, 0.6) is 5.75 Å². The maximum absolute atomic E-state index is 11.9. The van der Waals surface area contributed by atoms with Crippen LogP contribution in [0.25, 0.3) is 0 Å². The van der Waals surface area contributed by atoms with Crippen molar-refractivity contribution in [3.63, 3.8) is 0 Å². The van der Waals surface area contributed by atoms with Gasteiger partial charge in [0.15, 0.2) is 0 Å². The molecular weight excluding hydrogens is 232 g/mol. The number of fused-ring (bicyclic) bond motifs is 1. The predicted molar refractivity (Wildman–Crippen MR) is 68.0 cm³/mol. The molecule has 1 amide bonds. The Morgan fingerprint density at radius 3 is 2.67 bits per heavy atom. The number of amides is 1. The Morgan fingerprint density at radius 2 is 2.00 bits per heavy atom. The summed E-state index contributed by atoms with van der Waals surface area (Å²) in [6, 6.07) is -0.0765. The zero-order chi connectivity index (χ0) is 13.3. The van der Waals surface area contributed by atoms with Gasteiger partial charge in [-0.15, -0.1) is 0 Å². The average molecular weight is 250 g/mol. The van der Waals surface area contributed by atoms with E-state index in [1.165, 1.54) is 0 Å². The first-order valence-electron chi connectivity index (χ1n) is 6.28. The van der Waals surface area contributed by atoms with Crippen LogP contribution >= 0.6 is 0 Å². The highest BCUT2D eigenvalue weighted by Crippen LogP contribution is 2.28. The fraction of sp³-hybridized carbons (Fsp3) is 0.538. The summed E-state index contributed by atoms with van der Waals surface area (Å²) in [6.45, 7) is 3.61. The van der Waals surface area contributed by atoms with Crippen LogP contribution in [0.1, 0.15) is 48.3 Å². The van der Waals surface area contributed by atoms with Crippen molar-refractivity contribution in [3.8, 4) is 5.75 Å². The molecule has 1 aliphatic carbocycles. The molecule has 0 fully saturated rings. The number of aromatic amines is 1. The minimum Gasteiger partial charge on any atom is -0.507 e. The lowest BCUT2D eigenvalue weighted by Crippen LogP contribution is -2.35. The number of aromatic nitrogens is 1. The van der Waals surface area contributed by atoms with E-state index in [0.717, 1.165) is 30.5 Å². The number of aromatic hydroxyl groups is 1. The van der Waals surface area contributed by atoms with Crippen LogP contribution in [-0.4, -0.2) is 22.0 Å². The molecule has 0 spiro atoms. The molecule has 5 heteroatoms. The molecule has 18 heavy (non-hydrogen) atoms. The molecule has 0 atom stereocenters. The third kappa shape index (κ3) is 2.25. The van der Waals surface area contributed by atoms with E-state index in [2.05, 4.69) is 10.3 Å². The van der Waals surface area contributed by atoms with Crippen LogP contribution in [0.3, 0.4) is 0 Å². The largest absolute Gasteiger partial charge is 0.507 e. The van der Waals surface area contributed by atoms with E-state index in [-0.39, 0.29) is 17.4 Å². The molecule has 0 aliphatic heterocycles. The lowest BCUT2D eigenvalue weighted by atomic mass is 9.93. The smallest absolute Gasteiger partial charge is 0.264 e. The molecule has 1 aromatic rings. The number of H-pyrrole nitrogens is 1. The number of rotatable bonds is 2. The van der Waals surface area contributed by atoms with E-state index in [4.69, 9.17) is 0 Å². The average Bonchev–Trinajstić information content (AvgIpc) is 2.27. The van der Waals surface area contributed by atoms with Crippen molar-refractivity contribution in [1.29, 1.82) is 0 Å². The molecule has 2 rings (SSSR count). The normalized spacial score (nSPS) is 14.4. The van der Waals surface area contributed by atoms with Gasteiger partial charge in [-0.05, 0) is 39.5 Å². The standard InChI is InChI=1S/C13H18N2O3/c1-7(2)14-12(17)10-11(16)8-5-3-4-6-9(8)15-13(10)18/h7H,3-6H2,1-2H3,(H,14,17)(H2,15,16,18). The molecule has 1 heterocycles. The second-order valence-electron chi connectivity index (χ2n) is 4.97. The summed E-state index contributed by atoms with van der Waals surface area (Å²) in [5.74, 6) is -0.663. The molecule has 98 valence electrons. The summed E-state index contributed by atoms with van der Waals surface area (Å²) >= 11 is 0. The zero-order valence-corrected chi connectivity index (χ0v) is 10.7. The maximum atomic E-state index is 11.9. The van der Waals surface area contributed by atoms with Gasteiger partial charge in [0.25, 0.3) is 11.5 Å². The minimum absolute atomic E-state index is 0.0765. The molecule has 0 bridgehead atoms. The number of carbonyl (C=O) groups is 1. The van der Waals surface area contributed by atoms with Gasteiger partial charge in [0, 0.05) is 17.3 Å². The molecular formula is C13H18N2O3. The van der Waals surface area contributed by atoms with Crippen molar-refractivity contribution in [2.75, 3.05) is 0 Å². The van der Waals surface area contributed by atoms with Gasteiger partial charge in [-0.3, -0.25) is 9.59 Å². The van der Waals surface area contributed by atoms with Gasteiger partial charge in [0.05, 0.1) is 0 Å². The SMILES string of the molecule is CC(C)NC(=O)c1c(O)c2c([nH]c1=O)CCCC2. The van der Waals surface area contributed by atoms with Crippen molar-refractivity contribution in [2.45, 2.75) is 45.6 Å². The molecule has 0 saturated heterocycles. The maximum Gasteiger partial charge on any atom is 0.264 e. The van der Waals surface area contributed by atoms with Crippen molar-refractivity contribution < 1.29 is 9.90 Å². The number of pyridine rings is 1. The van der Waals surface area contributed by atoms with Gasteiger partial charge in [0.1, 0.15) is 11.3 Å². The highest BCUT2D eigenvalue weighted by atomic mass is 16.3. The van der Waals surface area contributed by atoms with Gasteiger partial charge < -0.3 is 15.4 Å². The van der Waals surface area contributed by atoms with Crippen molar-refractivity contribution in [3.05, 3.63) is 27.2 Å². The zero-order valence-electron chi connectivity index (χ0n) is 10.7. The van der Waals surface area contributed by atoms with Crippen LogP contribution in [-0.2, 0) is 12.8 Å². The molecule has 1 aromatic heterocycles. The third-order valence-electron chi connectivity index (χ3n) is 3.13. The van der Waals surface area contributed by atoms with Crippen LogP contribution in [0, 0.1) is 0 Å². The Bertz CT molecular complexity index is 532. The molecule has 1 aliphatic rings. The highest BCUT2D eigenvalue weighted by molar-refractivity contribution is 5.97. The first-order valence-corrected chi connectivity index (χ1v) is 6.28. The fourth-order valence-electron chi connectivity index (χ4n) is 2.31. The van der Waals surface area contributed by atoms with Crippen molar-refractivity contribution >= 4 is 5.91 Å². The number of carbonyl (C=O) groups excluding carboxylic acids is 1. The molecule has 0 radical (unpaired) electrons. The van der Waals surface area contributed by atoms with Crippen molar-refractivity contribution in [1.82, 2.24) is 10.3 Å². The first kappa shape index (κ1) is 12.7. The Morgan fingerprint density at radius 1 is 1.33 bits per heavy atom. The minimum atomic E-state index is -0.517. The second-order valence-corrected chi connectivity index (χ2v) is 4.97. The van der Waals surface area contributed by atoms with Crippen molar-refractivity contribution in [2.24, 2.45) is 0 Å².